The molecule has 4 nitrogen and oxygen atoms in total. The molecule has 1 aromatic carbocycles. The van der Waals surface area contributed by atoms with Crippen molar-refractivity contribution in [2.75, 3.05) is 0 Å². The van der Waals surface area contributed by atoms with E-state index in [4.69, 9.17) is 0 Å². The Kier molecular flexibility index (Phi) is 11.1. The van der Waals surface area contributed by atoms with E-state index >= 15 is 0 Å². The van der Waals surface area contributed by atoms with Crippen LogP contribution in [0.5, 0.6) is 11.5 Å². The molecule has 0 amide bonds. The van der Waals surface area contributed by atoms with Crippen molar-refractivity contribution in [3.05, 3.63) is 69.9 Å². The first-order valence-electron chi connectivity index (χ1n) is 10.8. The maximum atomic E-state index is 12.3. The summed E-state index contributed by atoms with van der Waals surface area (Å²) < 4.78 is 0. The quantitative estimate of drug-likeness (QED) is 0.222. The maximum absolute atomic E-state index is 12.3. The Bertz CT molecular complexity index is 881. The lowest BCUT2D eigenvalue weighted by atomic mass is 10.0. The van der Waals surface area contributed by atoms with Crippen molar-refractivity contribution in [3.8, 4) is 11.5 Å². The van der Waals surface area contributed by atoms with Gasteiger partial charge in [0.1, 0.15) is 11.5 Å². The van der Waals surface area contributed by atoms with Crippen molar-refractivity contribution in [3.63, 3.8) is 0 Å². The summed E-state index contributed by atoms with van der Waals surface area (Å²) in [5, 5.41) is 29.8. The van der Waals surface area contributed by atoms with Crippen LogP contribution < -0.4 is 0 Å². The number of carbonyl (C=O) groups is 1. The number of hydrogen-bond donors (Lipinski definition) is 3. The second kappa shape index (κ2) is 13.0. The summed E-state index contributed by atoms with van der Waals surface area (Å²) in [6, 6.07) is 3.07. The number of benzene rings is 1. The summed E-state index contributed by atoms with van der Waals surface area (Å²) >= 11 is 0. The van der Waals surface area contributed by atoms with Gasteiger partial charge < -0.3 is 15.3 Å². The molecule has 1 atom stereocenters. The fourth-order valence-corrected chi connectivity index (χ4v) is 3.42. The Balaban J connectivity index is 2.55. The van der Waals surface area contributed by atoms with E-state index in [1.54, 1.807) is 19.1 Å². The first-order valence-corrected chi connectivity index (χ1v) is 10.8. The average Bonchev–Trinajstić information content (AvgIpc) is 2.62. The standard InChI is InChI=1S/C27H38O4/c1-18(2)12-24(28)13-19(3)8-7-9-20(4)14-25(29)15-21(5)10-11-23-17-26(30)16-22(6)27(23)31/h8,10,12,14,16-17,24,28,30-31H,7,9,11,13,15H2,1-6H3/b19-8+,20-14+,21-10+. The average molecular weight is 427 g/mol. The summed E-state index contributed by atoms with van der Waals surface area (Å²) in [6.45, 7) is 11.6. The number of aliphatic hydroxyl groups is 1. The van der Waals surface area contributed by atoms with E-state index in [1.165, 1.54) is 6.07 Å². The summed E-state index contributed by atoms with van der Waals surface area (Å²) in [5.74, 6) is 0.365. The molecule has 4 heteroatoms. The van der Waals surface area contributed by atoms with Crippen LogP contribution in [0.3, 0.4) is 0 Å². The van der Waals surface area contributed by atoms with Crippen molar-refractivity contribution < 1.29 is 20.1 Å². The Morgan fingerprint density at radius 3 is 2.32 bits per heavy atom. The third kappa shape index (κ3) is 10.8. The van der Waals surface area contributed by atoms with Gasteiger partial charge in [-0.15, -0.1) is 0 Å². The zero-order valence-corrected chi connectivity index (χ0v) is 19.8. The van der Waals surface area contributed by atoms with Gasteiger partial charge in [0, 0.05) is 12.0 Å². The molecule has 0 saturated heterocycles. The second-order valence-corrected chi connectivity index (χ2v) is 8.76. The van der Waals surface area contributed by atoms with Crippen molar-refractivity contribution in [2.45, 2.75) is 79.8 Å². The normalized spacial score (nSPS) is 13.8. The van der Waals surface area contributed by atoms with E-state index < -0.39 is 6.10 Å². The first-order chi connectivity index (χ1) is 14.5. The number of phenols is 2. The number of rotatable bonds is 11. The zero-order valence-electron chi connectivity index (χ0n) is 19.8. The predicted molar refractivity (Wildman–Crippen MR) is 128 cm³/mol. The fourth-order valence-electron chi connectivity index (χ4n) is 3.42. The highest BCUT2D eigenvalue weighted by molar-refractivity contribution is 5.91. The molecule has 0 radical (unpaired) electrons. The Morgan fingerprint density at radius 1 is 1.00 bits per heavy atom. The fraction of sp³-hybridized carbons (Fsp3) is 0.444. The molecule has 1 aromatic rings. The Hall–Kier alpha value is -2.59. The van der Waals surface area contributed by atoms with Crippen molar-refractivity contribution in [2.24, 2.45) is 0 Å². The van der Waals surface area contributed by atoms with E-state index in [1.807, 2.05) is 46.8 Å². The summed E-state index contributed by atoms with van der Waals surface area (Å²) in [6.07, 6.45) is 10.2. The highest BCUT2D eigenvalue weighted by atomic mass is 16.3. The molecule has 0 aliphatic rings. The van der Waals surface area contributed by atoms with Gasteiger partial charge >= 0.3 is 0 Å². The molecule has 1 unspecified atom stereocenters. The molecule has 0 bridgehead atoms. The minimum Gasteiger partial charge on any atom is -0.508 e. The molecule has 31 heavy (non-hydrogen) atoms. The first kappa shape index (κ1) is 26.4. The number of aryl methyl sites for hydroxylation is 1. The van der Waals surface area contributed by atoms with Crippen LogP contribution in [0.4, 0.5) is 0 Å². The van der Waals surface area contributed by atoms with Crippen LogP contribution in [0.25, 0.3) is 0 Å². The molecular formula is C27H38O4. The molecule has 3 N–H and O–H groups in total. The maximum Gasteiger partial charge on any atom is 0.159 e. The van der Waals surface area contributed by atoms with Crippen molar-refractivity contribution in [1.29, 1.82) is 0 Å². The Labute approximate surface area is 187 Å². The summed E-state index contributed by atoms with van der Waals surface area (Å²) in [7, 11) is 0. The number of aliphatic hydroxyl groups excluding tert-OH is 1. The van der Waals surface area contributed by atoms with Crippen molar-refractivity contribution in [1.82, 2.24) is 0 Å². The van der Waals surface area contributed by atoms with Crippen molar-refractivity contribution >= 4 is 5.78 Å². The van der Waals surface area contributed by atoms with Crippen LogP contribution in [0, 0.1) is 6.92 Å². The number of aromatic hydroxyl groups is 2. The number of phenolic OH excluding ortho intramolecular Hbond substituents is 2. The van der Waals surface area contributed by atoms with Gasteiger partial charge in [-0.05, 0) is 91.0 Å². The number of carbonyl (C=O) groups excluding carboxylic acids is 1. The van der Waals surface area contributed by atoms with Crippen LogP contribution >= 0.6 is 0 Å². The number of ketones is 1. The van der Waals surface area contributed by atoms with Gasteiger partial charge in [0.2, 0.25) is 0 Å². The predicted octanol–water partition coefficient (Wildman–Crippen LogP) is 6.24. The lowest BCUT2D eigenvalue weighted by Gasteiger charge is -2.07. The summed E-state index contributed by atoms with van der Waals surface area (Å²) in [4.78, 5) is 12.3. The zero-order chi connectivity index (χ0) is 23.6. The summed E-state index contributed by atoms with van der Waals surface area (Å²) in [5.41, 5.74) is 5.50. The van der Waals surface area contributed by atoms with E-state index in [0.29, 0.717) is 30.4 Å². The third-order valence-corrected chi connectivity index (χ3v) is 4.98. The van der Waals surface area contributed by atoms with Gasteiger partial charge in [0.25, 0.3) is 0 Å². The van der Waals surface area contributed by atoms with Crippen LogP contribution in [-0.4, -0.2) is 27.2 Å². The molecule has 0 saturated carbocycles. The van der Waals surface area contributed by atoms with Gasteiger partial charge in [-0.3, -0.25) is 4.79 Å². The van der Waals surface area contributed by atoms with Crippen LogP contribution in [-0.2, 0) is 11.2 Å². The van der Waals surface area contributed by atoms with E-state index in [0.717, 1.165) is 35.1 Å². The topological polar surface area (TPSA) is 77.8 Å². The van der Waals surface area contributed by atoms with E-state index in [9.17, 15) is 20.1 Å². The number of allylic oxidation sites excluding steroid dienone is 6. The molecule has 0 aliphatic heterocycles. The molecular weight excluding hydrogens is 388 g/mol. The Morgan fingerprint density at radius 2 is 1.68 bits per heavy atom. The van der Waals surface area contributed by atoms with Crippen LogP contribution in [0.1, 0.15) is 71.4 Å². The molecule has 0 heterocycles. The van der Waals surface area contributed by atoms with Gasteiger partial charge in [-0.25, -0.2) is 0 Å². The minimum atomic E-state index is -0.445. The van der Waals surface area contributed by atoms with Gasteiger partial charge in [-0.2, -0.15) is 0 Å². The smallest absolute Gasteiger partial charge is 0.159 e. The van der Waals surface area contributed by atoms with Crippen LogP contribution in [0.15, 0.2) is 58.7 Å². The van der Waals surface area contributed by atoms with Gasteiger partial charge in [-0.1, -0.05) is 40.5 Å². The van der Waals surface area contributed by atoms with Gasteiger partial charge in [0.15, 0.2) is 5.78 Å². The molecule has 0 aromatic heterocycles. The second-order valence-electron chi connectivity index (χ2n) is 8.76. The van der Waals surface area contributed by atoms with E-state index in [2.05, 4.69) is 6.08 Å². The third-order valence-electron chi connectivity index (χ3n) is 4.98. The highest BCUT2D eigenvalue weighted by Crippen LogP contribution is 2.28. The molecule has 0 fully saturated rings. The molecule has 0 aliphatic carbocycles. The van der Waals surface area contributed by atoms with Crippen LogP contribution in [0.2, 0.25) is 0 Å². The lowest BCUT2D eigenvalue weighted by Crippen LogP contribution is -2.03. The molecule has 170 valence electrons. The highest BCUT2D eigenvalue weighted by Gasteiger charge is 2.07. The van der Waals surface area contributed by atoms with Gasteiger partial charge in [0.05, 0.1) is 6.10 Å². The molecule has 1 rings (SSSR count). The lowest BCUT2D eigenvalue weighted by molar-refractivity contribution is -0.114. The molecule has 0 spiro atoms. The largest absolute Gasteiger partial charge is 0.508 e. The SMILES string of the molecule is CC(C)=CC(O)C/C(C)=C/CC/C(C)=C/C(=O)C/C(C)=C/Cc1cc(O)cc(C)c1O. The minimum absolute atomic E-state index is 0.0576. The monoisotopic (exact) mass is 426 g/mol. The number of hydrogen-bond acceptors (Lipinski definition) is 4. The van der Waals surface area contributed by atoms with E-state index in [-0.39, 0.29) is 17.3 Å².